The van der Waals surface area contributed by atoms with Crippen molar-refractivity contribution in [1.29, 1.82) is 5.26 Å². The molecule has 11 heteroatoms. The first kappa shape index (κ1) is 30.6. The van der Waals surface area contributed by atoms with Gasteiger partial charge in [0, 0.05) is 6.54 Å². The molecule has 0 saturated carbocycles. The van der Waals surface area contributed by atoms with Gasteiger partial charge in [-0.25, -0.2) is 26.9 Å². The summed E-state index contributed by atoms with van der Waals surface area (Å²) in [4.78, 5) is 4.54. The van der Waals surface area contributed by atoms with Gasteiger partial charge < -0.3 is 0 Å². The van der Waals surface area contributed by atoms with Gasteiger partial charge in [-0.3, -0.25) is 0 Å². The van der Waals surface area contributed by atoms with Crippen molar-refractivity contribution < 1.29 is 12.8 Å². The Morgan fingerprint density at radius 2 is 1.86 bits per heavy atom. The summed E-state index contributed by atoms with van der Waals surface area (Å²) < 4.78 is 50.3. The SMILES string of the molecule is CC[Si](CC)(CC)c1cc(Br)nc([C@](C)(C[S@]2(=O)=NCCC[C@@]2(C)C#N)N[S@](=O)C(C)(C)C)c1F. The van der Waals surface area contributed by atoms with Crippen molar-refractivity contribution in [2.45, 2.75) is 101 Å². The molecular formula is C24H40BrFN4O2S2Si. The first-order valence-electron chi connectivity index (χ1n) is 12.2. The minimum Gasteiger partial charge on any atom is -0.248 e. The van der Waals surface area contributed by atoms with E-state index in [4.69, 9.17) is 0 Å². The Labute approximate surface area is 223 Å². The van der Waals surface area contributed by atoms with E-state index < -0.39 is 49.6 Å². The highest BCUT2D eigenvalue weighted by Crippen LogP contribution is 2.37. The molecule has 0 saturated heterocycles. The molecule has 35 heavy (non-hydrogen) atoms. The average molecular weight is 608 g/mol. The molecular weight excluding hydrogens is 567 g/mol. The maximum atomic E-state index is 16.5. The van der Waals surface area contributed by atoms with Crippen LogP contribution in [0.5, 0.6) is 0 Å². The summed E-state index contributed by atoms with van der Waals surface area (Å²) in [7, 11) is -6.89. The number of hydrogen-bond donors (Lipinski definition) is 1. The number of pyridine rings is 1. The first-order valence-corrected chi connectivity index (χ1v) is 18.5. The molecule has 0 radical (unpaired) electrons. The third kappa shape index (κ3) is 5.92. The topological polar surface area (TPSA) is 95.2 Å². The second-order valence-corrected chi connectivity index (χ2v) is 21.6. The minimum absolute atomic E-state index is 0.0792. The van der Waals surface area contributed by atoms with Crippen LogP contribution >= 0.6 is 15.9 Å². The van der Waals surface area contributed by atoms with Crippen LogP contribution in [0.25, 0.3) is 0 Å². The highest BCUT2D eigenvalue weighted by molar-refractivity contribution is 9.10. The second-order valence-electron chi connectivity index (χ2n) is 10.9. The van der Waals surface area contributed by atoms with Crippen LogP contribution in [0.15, 0.2) is 15.0 Å². The molecule has 0 amide bonds. The smallest absolute Gasteiger partial charge is 0.146 e. The third-order valence-electron chi connectivity index (χ3n) is 7.46. The minimum atomic E-state index is -3.12. The van der Waals surface area contributed by atoms with E-state index in [9.17, 15) is 13.7 Å². The fraction of sp³-hybridized carbons (Fsp3) is 0.750. The fourth-order valence-corrected chi connectivity index (χ4v) is 12.7. The Kier molecular flexibility index (Phi) is 9.58. The van der Waals surface area contributed by atoms with Crippen LogP contribution in [0.1, 0.15) is 73.9 Å². The monoisotopic (exact) mass is 606 g/mol. The summed E-state index contributed by atoms with van der Waals surface area (Å²) in [6.07, 6.45) is 1.12. The van der Waals surface area contributed by atoms with E-state index in [1.54, 1.807) is 19.9 Å². The van der Waals surface area contributed by atoms with Crippen LogP contribution in [-0.2, 0) is 26.3 Å². The molecule has 1 aromatic heterocycles. The van der Waals surface area contributed by atoms with Crippen LogP contribution in [0.2, 0.25) is 18.1 Å². The van der Waals surface area contributed by atoms with Crippen LogP contribution in [0, 0.1) is 17.1 Å². The normalized spacial score (nSPS) is 25.9. The zero-order valence-electron chi connectivity index (χ0n) is 22.3. The Balaban J connectivity index is 2.86. The molecule has 198 valence electrons. The first-order chi connectivity index (χ1) is 16.1. The number of nitrogens with one attached hydrogen (secondary N) is 1. The summed E-state index contributed by atoms with van der Waals surface area (Å²) >= 11 is 3.49. The molecule has 0 bridgehead atoms. The molecule has 0 aromatic carbocycles. The van der Waals surface area contributed by atoms with Gasteiger partial charge in [-0.15, -0.1) is 0 Å². The van der Waals surface area contributed by atoms with Gasteiger partial charge in [0.2, 0.25) is 0 Å². The molecule has 0 aliphatic carbocycles. The van der Waals surface area contributed by atoms with Crippen molar-refractivity contribution in [2.75, 3.05) is 12.3 Å². The molecule has 1 aliphatic rings. The van der Waals surface area contributed by atoms with Gasteiger partial charge in [0.05, 0.1) is 56.6 Å². The highest BCUT2D eigenvalue weighted by atomic mass is 79.9. The van der Waals surface area contributed by atoms with Gasteiger partial charge in [0.25, 0.3) is 0 Å². The van der Waals surface area contributed by atoms with Crippen LogP contribution in [0.4, 0.5) is 4.39 Å². The van der Waals surface area contributed by atoms with Crippen LogP contribution in [-0.4, -0.2) is 43.3 Å². The number of hydrogen-bond acceptors (Lipinski definition) is 5. The van der Waals surface area contributed by atoms with Crippen molar-refractivity contribution in [3.8, 4) is 6.07 Å². The molecule has 4 atom stereocenters. The largest absolute Gasteiger partial charge is 0.248 e. The Morgan fingerprint density at radius 1 is 1.29 bits per heavy atom. The lowest BCUT2D eigenvalue weighted by atomic mass is 10.0. The van der Waals surface area contributed by atoms with Crippen molar-refractivity contribution in [3.05, 3.63) is 22.2 Å². The predicted molar refractivity (Wildman–Crippen MR) is 151 cm³/mol. The molecule has 1 N–H and O–H groups in total. The Morgan fingerprint density at radius 3 is 2.34 bits per heavy atom. The number of nitriles is 1. The van der Waals surface area contributed by atoms with E-state index in [1.165, 1.54) is 0 Å². The average Bonchev–Trinajstić information content (AvgIpc) is 2.78. The molecule has 0 unspecified atom stereocenters. The molecule has 2 heterocycles. The molecule has 6 nitrogen and oxygen atoms in total. The van der Waals surface area contributed by atoms with E-state index in [0.29, 0.717) is 29.2 Å². The van der Waals surface area contributed by atoms with E-state index in [1.807, 2.05) is 20.8 Å². The van der Waals surface area contributed by atoms with Gasteiger partial charge in [-0.1, -0.05) is 38.9 Å². The quantitative estimate of drug-likeness (QED) is 0.296. The van der Waals surface area contributed by atoms with Gasteiger partial charge in [0.1, 0.15) is 15.2 Å². The molecule has 0 fully saturated rings. The van der Waals surface area contributed by atoms with E-state index >= 15 is 4.39 Å². The standard InChI is InChI=1S/C24H40BrFN4O2S2Si/c1-9-35(10-2,11-3)18-15-19(25)29-21(20(18)26)24(8,30-33(31)22(4,5)6)17-34(32)23(7,16-27)13-12-14-28-34/h15,30H,9-14,17H2,1-8H3/t23-,24-,33+,34+/m0/s1. The maximum Gasteiger partial charge on any atom is 0.146 e. The number of rotatable bonds is 9. The van der Waals surface area contributed by atoms with Gasteiger partial charge in [0.15, 0.2) is 0 Å². The van der Waals surface area contributed by atoms with E-state index in [-0.39, 0.29) is 11.4 Å². The highest BCUT2D eigenvalue weighted by Gasteiger charge is 2.48. The maximum absolute atomic E-state index is 16.5. The lowest BCUT2D eigenvalue weighted by Gasteiger charge is -2.39. The predicted octanol–water partition coefficient (Wildman–Crippen LogP) is 5.51. The van der Waals surface area contributed by atoms with Crippen LogP contribution < -0.4 is 9.91 Å². The lowest BCUT2D eigenvalue weighted by Crippen LogP contribution is -2.55. The molecule has 1 aliphatic heterocycles. The lowest BCUT2D eigenvalue weighted by molar-refractivity contribution is 0.439. The number of aromatic nitrogens is 1. The summed E-state index contributed by atoms with van der Waals surface area (Å²) in [5, 5.41) is 10.6. The Bertz CT molecular complexity index is 1130. The third-order valence-corrected chi connectivity index (χ3v) is 18.5. The van der Waals surface area contributed by atoms with Crippen molar-refractivity contribution in [1.82, 2.24) is 9.71 Å². The molecule has 1 aromatic rings. The summed E-state index contributed by atoms with van der Waals surface area (Å²) in [5.74, 6) is -0.589. The van der Waals surface area contributed by atoms with Gasteiger partial charge >= 0.3 is 0 Å². The second kappa shape index (κ2) is 11.0. The number of halogens is 2. The molecule has 0 spiro atoms. The molecule has 2 rings (SSSR count). The van der Waals surface area contributed by atoms with Crippen molar-refractivity contribution in [2.24, 2.45) is 4.36 Å². The summed E-state index contributed by atoms with van der Waals surface area (Å²) in [5.41, 5.74) is -1.30. The van der Waals surface area contributed by atoms with Crippen LogP contribution in [0.3, 0.4) is 0 Å². The number of nitrogens with zero attached hydrogens (tertiary/aromatic N) is 3. The Hall–Kier alpha value is -0.673. The van der Waals surface area contributed by atoms with Crippen molar-refractivity contribution >= 4 is 49.9 Å². The zero-order chi connectivity index (χ0) is 26.9. The van der Waals surface area contributed by atoms with Crippen molar-refractivity contribution in [3.63, 3.8) is 0 Å². The van der Waals surface area contributed by atoms with E-state index in [0.717, 1.165) is 18.1 Å². The van der Waals surface area contributed by atoms with Gasteiger partial charge in [-0.2, -0.15) is 5.26 Å². The fourth-order valence-electron chi connectivity index (χ4n) is 4.73. The van der Waals surface area contributed by atoms with Gasteiger partial charge in [-0.05, 0) is 74.6 Å². The zero-order valence-corrected chi connectivity index (χ0v) is 26.5. The summed E-state index contributed by atoms with van der Waals surface area (Å²) in [6, 6.07) is 6.65. The summed E-state index contributed by atoms with van der Waals surface area (Å²) in [6.45, 7) is 15.5. The van der Waals surface area contributed by atoms with E-state index in [2.05, 4.69) is 56.8 Å².